The van der Waals surface area contributed by atoms with Crippen molar-refractivity contribution >= 4 is 0 Å². The first-order valence-corrected chi connectivity index (χ1v) is 5.33. The molecule has 0 fully saturated rings. The Balaban J connectivity index is -0.0000000491. The third-order valence-corrected chi connectivity index (χ3v) is 0. The number of nitrogens with two attached hydrogens (primary N) is 1. The Hall–Kier alpha value is 0.995. The minimum atomic E-state index is -5.62. The number of nitroso groups, excluding NO2 is 1. The van der Waals surface area contributed by atoms with Crippen LogP contribution in [0, 0.1) is 4.91 Å². The SMILES string of the molecule is [K+].[NH2+]=O.[O]=[Mn](=[O])(=[O])[O-].[O]=[Mn](=[O])(=[O])[O-]. The summed E-state index contributed by atoms with van der Waals surface area (Å²) in [4.78, 5) is 7.75. The Morgan fingerprint density at radius 3 is 0.692 bits per heavy atom. The van der Waals surface area contributed by atoms with Gasteiger partial charge in [0, 0.05) is 4.91 Å². The molecule has 10 nitrogen and oxygen atoms in total. The average Bonchev–Trinajstić information content (AvgIpc) is 1.59. The van der Waals surface area contributed by atoms with Crippen molar-refractivity contribution in [1.29, 1.82) is 0 Å². The van der Waals surface area contributed by atoms with E-state index < -0.39 is 25.9 Å². The van der Waals surface area contributed by atoms with Gasteiger partial charge in [0.25, 0.3) is 0 Å². The zero-order valence-electron chi connectivity index (χ0n) is 6.01. The summed E-state index contributed by atoms with van der Waals surface area (Å²) in [7, 11) is 0. The molecule has 0 radical (unpaired) electrons. The van der Waals surface area contributed by atoms with E-state index >= 15 is 0 Å². The summed E-state index contributed by atoms with van der Waals surface area (Å²) in [6.45, 7) is 0. The second kappa shape index (κ2) is 11.1. The number of hydrogen-bond acceptors (Lipinski definition) is 9. The fraction of sp³-hybridized carbons (Fsp3) is 0. The van der Waals surface area contributed by atoms with Crippen LogP contribution < -0.4 is 65.4 Å². The fourth-order valence-corrected chi connectivity index (χ4v) is 0. The van der Waals surface area contributed by atoms with Gasteiger partial charge in [-0.3, -0.25) is 0 Å². The predicted octanol–water partition coefficient (Wildman–Crippen LogP) is -7.58. The van der Waals surface area contributed by atoms with Crippen molar-refractivity contribution in [3.05, 3.63) is 4.91 Å². The van der Waals surface area contributed by atoms with Gasteiger partial charge in [-0.2, -0.15) is 0 Å². The minimum absolute atomic E-state index is 0. The molecule has 0 rings (SSSR count). The second-order valence-electron chi connectivity index (χ2n) is 0.756. The maximum atomic E-state index is 8.58. The molecule has 13 heavy (non-hydrogen) atoms. The van der Waals surface area contributed by atoms with E-state index in [1.165, 1.54) is 0 Å². The molecule has 0 aliphatic rings. The third kappa shape index (κ3) is 1590. The van der Waals surface area contributed by atoms with Crippen LogP contribution in [-0.2, 0) is 48.9 Å². The number of rotatable bonds is 0. The van der Waals surface area contributed by atoms with Crippen LogP contribution in [0.5, 0.6) is 0 Å². The van der Waals surface area contributed by atoms with Crippen LogP contribution in [0.15, 0.2) is 0 Å². The van der Waals surface area contributed by atoms with Crippen LogP contribution in [0.4, 0.5) is 0 Å². The van der Waals surface area contributed by atoms with Gasteiger partial charge in [0.05, 0.1) is 0 Å². The second-order valence-corrected chi connectivity index (χ2v) is 3.12. The van der Waals surface area contributed by atoms with Gasteiger partial charge in [-0.05, 0) is 5.59 Å². The van der Waals surface area contributed by atoms with E-state index in [4.69, 9.17) is 36.3 Å². The molecule has 0 aromatic heterocycles. The van der Waals surface area contributed by atoms with Crippen LogP contribution in [0.2, 0.25) is 0 Å². The Labute approximate surface area is 117 Å². The monoisotopic (exact) mass is 309 g/mol. The Bertz CT molecular complexity index is 316. The summed E-state index contributed by atoms with van der Waals surface area (Å²) < 4.78 is 68.6. The molecule has 0 atom stereocenters. The van der Waals surface area contributed by atoms with E-state index in [2.05, 4.69) is 5.59 Å². The van der Waals surface area contributed by atoms with Gasteiger partial charge in [0.2, 0.25) is 0 Å². The van der Waals surface area contributed by atoms with E-state index in [1.807, 2.05) is 0 Å². The van der Waals surface area contributed by atoms with Crippen molar-refractivity contribution in [3.63, 3.8) is 0 Å². The molecule has 0 aliphatic carbocycles. The first kappa shape index (κ1) is 23.7. The summed E-state index contributed by atoms with van der Waals surface area (Å²) in [5, 5.41) is 0. The zero-order valence-corrected chi connectivity index (χ0v) is 11.5. The van der Waals surface area contributed by atoms with E-state index in [-0.39, 0.29) is 51.4 Å². The van der Waals surface area contributed by atoms with E-state index in [0.29, 0.717) is 0 Å². The van der Waals surface area contributed by atoms with Crippen molar-refractivity contribution in [2.24, 2.45) is 0 Å². The molecule has 0 aromatic rings. The van der Waals surface area contributed by atoms with Gasteiger partial charge in [-0.1, -0.05) is 0 Å². The predicted molar refractivity (Wildman–Crippen MR) is 9.41 cm³/mol. The molecule has 0 aromatic carbocycles. The van der Waals surface area contributed by atoms with Gasteiger partial charge in [-0.15, -0.1) is 0 Å². The first-order valence-electron chi connectivity index (χ1n) is 1.47. The van der Waals surface area contributed by atoms with Gasteiger partial charge in [-0.25, -0.2) is 0 Å². The van der Waals surface area contributed by atoms with Gasteiger partial charge in [0.1, 0.15) is 0 Å². The van der Waals surface area contributed by atoms with Crippen molar-refractivity contribution < 1.29 is 114 Å². The first-order chi connectivity index (χ1) is 5.00. The third-order valence-electron chi connectivity index (χ3n) is 0. The molecular formula is H2KMn2NO9. The van der Waals surface area contributed by atoms with Crippen molar-refractivity contribution in [2.75, 3.05) is 0 Å². The molecule has 76 valence electrons. The Morgan fingerprint density at radius 2 is 0.692 bits per heavy atom. The van der Waals surface area contributed by atoms with E-state index in [1.54, 1.807) is 0 Å². The molecule has 0 bridgehead atoms. The van der Waals surface area contributed by atoms with Gasteiger partial charge < -0.3 is 0 Å². The van der Waals surface area contributed by atoms with Crippen LogP contribution in [0.3, 0.4) is 0 Å². The zero-order chi connectivity index (χ0) is 11.0. The normalized spacial score (nSPS) is 9.08. The summed E-state index contributed by atoms with van der Waals surface area (Å²) in [5.41, 5.74) is 3.25. The van der Waals surface area contributed by atoms with Crippen LogP contribution >= 0.6 is 0 Å². The topological polar surface area (TPSA) is 191 Å². The fourth-order valence-electron chi connectivity index (χ4n) is 0. The van der Waals surface area contributed by atoms with Crippen LogP contribution in [-0.4, -0.2) is 0 Å². The molecule has 13 heteroatoms. The average molecular weight is 309 g/mol. The molecule has 0 amide bonds. The number of hydrogen-bond donors (Lipinski definition) is 1. The Kier molecular flexibility index (Phi) is 20.1. The van der Waals surface area contributed by atoms with Gasteiger partial charge in [0.15, 0.2) is 0 Å². The molecule has 0 heterocycles. The van der Waals surface area contributed by atoms with E-state index in [9.17, 15) is 0 Å². The van der Waals surface area contributed by atoms with Crippen molar-refractivity contribution in [3.8, 4) is 0 Å². The van der Waals surface area contributed by atoms with Crippen LogP contribution in [0.1, 0.15) is 0 Å². The van der Waals surface area contributed by atoms with Crippen LogP contribution in [0.25, 0.3) is 0 Å². The molecule has 0 spiro atoms. The summed E-state index contributed by atoms with van der Waals surface area (Å²) in [5.74, 6) is 0. The van der Waals surface area contributed by atoms with E-state index in [0.717, 1.165) is 0 Å². The molecular weight excluding hydrogens is 307 g/mol. The van der Waals surface area contributed by atoms with Crippen molar-refractivity contribution in [2.45, 2.75) is 0 Å². The Morgan fingerprint density at radius 1 is 0.692 bits per heavy atom. The summed E-state index contributed by atoms with van der Waals surface area (Å²) >= 11 is -11.2. The maximum absolute atomic E-state index is 8.58. The molecule has 0 saturated heterocycles. The standard InChI is InChI=1S/K.2Mn.H2NO.8O/c;;;1-2;;;;;;;;/h;;;1H2;;;;;;;;/q+1;;;+1;;;;;;;2*-1. The molecule has 0 unspecified atom stereocenters. The molecule has 0 saturated carbocycles. The summed E-state index contributed by atoms with van der Waals surface area (Å²) in [6, 6.07) is 0. The summed E-state index contributed by atoms with van der Waals surface area (Å²) in [6.07, 6.45) is 0. The van der Waals surface area contributed by atoms with Crippen molar-refractivity contribution in [1.82, 2.24) is 0 Å². The quantitative estimate of drug-likeness (QED) is 0.423. The van der Waals surface area contributed by atoms with Gasteiger partial charge >= 0.3 is 109 Å². The molecule has 0 aliphatic heterocycles. The molecule has 2 N–H and O–H groups in total.